The first-order chi connectivity index (χ1) is 10.1. The molecule has 0 saturated heterocycles. The van der Waals surface area contributed by atoms with Gasteiger partial charge in [-0.2, -0.15) is 15.0 Å². The fraction of sp³-hybridized carbons (Fsp3) is 0.429. The van der Waals surface area contributed by atoms with E-state index in [2.05, 4.69) is 10.2 Å². The summed E-state index contributed by atoms with van der Waals surface area (Å²) >= 11 is 12.1. The highest BCUT2D eigenvalue weighted by Gasteiger charge is 2.22. The second kappa shape index (κ2) is 7.22. The maximum absolute atomic E-state index is 9.01. The Bertz CT molecular complexity index is 596. The third-order valence-corrected chi connectivity index (χ3v) is 3.50. The summed E-state index contributed by atoms with van der Waals surface area (Å²) in [4.78, 5) is 1.48. The van der Waals surface area contributed by atoms with E-state index in [0.717, 1.165) is 17.7 Å². The van der Waals surface area contributed by atoms with E-state index in [-0.39, 0.29) is 6.61 Å². The smallest absolute Gasteiger partial charge is 0.128 e. The van der Waals surface area contributed by atoms with Crippen molar-refractivity contribution in [3.63, 3.8) is 0 Å². The van der Waals surface area contributed by atoms with Crippen LogP contribution in [0.1, 0.15) is 30.0 Å². The van der Waals surface area contributed by atoms with Crippen molar-refractivity contribution in [3.8, 4) is 0 Å². The molecule has 2 aromatic rings. The van der Waals surface area contributed by atoms with Crippen LogP contribution in [0.5, 0.6) is 0 Å². The molecule has 114 valence electrons. The molecule has 1 unspecified atom stereocenters. The lowest BCUT2D eigenvalue weighted by molar-refractivity contribution is 0.131. The average molecular weight is 330 g/mol. The van der Waals surface area contributed by atoms with E-state index >= 15 is 0 Å². The normalized spacial score (nSPS) is 12.6. The van der Waals surface area contributed by atoms with Crippen LogP contribution in [0.3, 0.4) is 0 Å². The number of aliphatic hydroxyl groups excluding tert-OH is 1. The number of benzene rings is 1. The van der Waals surface area contributed by atoms with Crippen molar-refractivity contribution in [2.75, 3.05) is 13.7 Å². The minimum absolute atomic E-state index is 0.0160. The summed E-state index contributed by atoms with van der Waals surface area (Å²) in [5.74, 6) is 0. The SMILES string of the molecule is CCc1nn(CCO)nc1C(OC)c1cc(Cl)cc(Cl)c1. The van der Waals surface area contributed by atoms with Gasteiger partial charge < -0.3 is 9.84 Å². The molecule has 0 fully saturated rings. The maximum atomic E-state index is 9.01. The van der Waals surface area contributed by atoms with Gasteiger partial charge >= 0.3 is 0 Å². The van der Waals surface area contributed by atoms with Crippen LogP contribution in [0.15, 0.2) is 18.2 Å². The first kappa shape index (κ1) is 16.2. The van der Waals surface area contributed by atoms with Gasteiger partial charge in [0.1, 0.15) is 11.8 Å². The van der Waals surface area contributed by atoms with Gasteiger partial charge in [-0.3, -0.25) is 0 Å². The number of rotatable bonds is 6. The van der Waals surface area contributed by atoms with Gasteiger partial charge in [0, 0.05) is 17.2 Å². The molecule has 0 spiro atoms. The molecule has 0 radical (unpaired) electrons. The van der Waals surface area contributed by atoms with Crippen molar-refractivity contribution in [1.29, 1.82) is 0 Å². The van der Waals surface area contributed by atoms with Crippen molar-refractivity contribution in [2.24, 2.45) is 0 Å². The zero-order chi connectivity index (χ0) is 15.4. The first-order valence-electron chi connectivity index (χ1n) is 6.62. The molecule has 0 aliphatic rings. The van der Waals surface area contributed by atoms with E-state index in [4.69, 9.17) is 33.0 Å². The second-order valence-electron chi connectivity index (χ2n) is 4.52. The molecule has 5 nitrogen and oxygen atoms in total. The van der Waals surface area contributed by atoms with Crippen LogP contribution >= 0.6 is 23.2 Å². The molecule has 0 saturated carbocycles. The number of methoxy groups -OCH3 is 1. The van der Waals surface area contributed by atoms with Crippen LogP contribution in [0, 0.1) is 0 Å². The molecule has 0 aliphatic carbocycles. The molecule has 0 aliphatic heterocycles. The highest BCUT2D eigenvalue weighted by Crippen LogP contribution is 2.30. The molecule has 1 atom stereocenters. The molecular formula is C14H17Cl2N3O2. The van der Waals surface area contributed by atoms with Gasteiger partial charge in [0.2, 0.25) is 0 Å². The van der Waals surface area contributed by atoms with E-state index < -0.39 is 6.10 Å². The second-order valence-corrected chi connectivity index (χ2v) is 5.40. The summed E-state index contributed by atoms with van der Waals surface area (Å²) in [7, 11) is 1.60. The highest BCUT2D eigenvalue weighted by molar-refractivity contribution is 6.34. The zero-order valence-electron chi connectivity index (χ0n) is 11.9. The van der Waals surface area contributed by atoms with E-state index in [0.29, 0.717) is 22.3 Å². The largest absolute Gasteiger partial charge is 0.394 e. The molecule has 1 N–H and O–H groups in total. The number of halogens is 2. The minimum Gasteiger partial charge on any atom is -0.394 e. The molecule has 2 rings (SSSR count). The van der Waals surface area contributed by atoms with E-state index in [1.165, 1.54) is 4.80 Å². The number of nitrogens with zero attached hydrogens (tertiary/aromatic N) is 3. The Kier molecular flexibility index (Phi) is 5.58. The van der Waals surface area contributed by atoms with Crippen molar-refractivity contribution in [2.45, 2.75) is 26.0 Å². The van der Waals surface area contributed by atoms with Crippen LogP contribution in [0.25, 0.3) is 0 Å². The predicted octanol–water partition coefficient (Wildman–Crippen LogP) is 2.88. The quantitative estimate of drug-likeness (QED) is 0.885. The third kappa shape index (κ3) is 3.74. The Morgan fingerprint density at radius 3 is 2.43 bits per heavy atom. The molecule has 1 aromatic carbocycles. The lowest BCUT2D eigenvalue weighted by Gasteiger charge is -2.15. The Morgan fingerprint density at radius 2 is 1.90 bits per heavy atom. The van der Waals surface area contributed by atoms with Crippen LogP contribution in [-0.2, 0) is 17.7 Å². The Labute approximate surface area is 133 Å². The number of hydrogen-bond donors (Lipinski definition) is 1. The van der Waals surface area contributed by atoms with Gasteiger partial charge in [0.15, 0.2) is 0 Å². The summed E-state index contributed by atoms with van der Waals surface area (Å²) in [6.45, 7) is 2.33. The van der Waals surface area contributed by atoms with Crippen molar-refractivity contribution < 1.29 is 9.84 Å². The van der Waals surface area contributed by atoms with Gasteiger partial charge in [-0.25, -0.2) is 0 Å². The van der Waals surface area contributed by atoms with Crippen LogP contribution in [0.4, 0.5) is 0 Å². The molecule has 21 heavy (non-hydrogen) atoms. The minimum atomic E-state index is -0.399. The van der Waals surface area contributed by atoms with E-state index in [1.807, 2.05) is 6.92 Å². The van der Waals surface area contributed by atoms with Crippen molar-refractivity contribution >= 4 is 23.2 Å². The molecule has 0 amide bonds. The fourth-order valence-electron chi connectivity index (χ4n) is 2.17. The van der Waals surface area contributed by atoms with Gasteiger partial charge in [-0.05, 0) is 30.2 Å². The van der Waals surface area contributed by atoms with Crippen LogP contribution in [0.2, 0.25) is 10.0 Å². The monoisotopic (exact) mass is 329 g/mol. The lowest BCUT2D eigenvalue weighted by atomic mass is 10.0. The van der Waals surface area contributed by atoms with Crippen molar-refractivity contribution in [1.82, 2.24) is 15.0 Å². The zero-order valence-corrected chi connectivity index (χ0v) is 13.4. The summed E-state index contributed by atoms with van der Waals surface area (Å²) in [5.41, 5.74) is 2.36. The molecule has 1 heterocycles. The number of aromatic nitrogens is 3. The summed E-state index contributed by atoms with van der Waals surface area (Å²) in [6.07, 6.45) is 0.318. The topological polar surface area (TPSA) is 60.2 Å². The molecular weight excluding hydrogens is 313 g/mol. The number of ether oxygens (including phenoxy) is 1. The fourth-order valence-corrected chi connectivity index (χ4v) is 2.72. The summed E-state index contributed by atoms with van der Waals surface area (Å²) in [6, 6.07) is 5.26. The Morgan fingerprint density at radius 1 is 1.24 bits per heavy atom. The molecule has 7 heteroatoms. The maximum Gasteiger partial charge on any atom is 0.128 e. The van der Waals surface area contributed by atoms with Crippen LogP contribution < -0.4 is 0 Å². The Balaban J connectivity index is 2.44. The van der Waals surface area contributed by atoms with Crippen LogP contribution in [-0.4, -0.2) is 33.8 Å². The van der Waals surface area contributed by atoms with Gasteiger partial charge in [-0.1, -0.05) is 30.1 Å². The highest BCUT2D eigenvalue weighted by atomic mass is 35.5. The summed E-state index contributed by atoms with van der Waals surface area (Å²) in [5, 5.41) is 18.9. The first-order valence-corrected chi connectivity index (χ1v) is 7.38. The van der Waals surface area contributed by atoms with Gasteiger partial charge in [0.05, 0.1) is 18.8 Å². The summed E-state index contributed by atoms with van der Waals surface area (Å²) < 4.78 is 5.57. The van der Waals surface area contributed by atoms with Crippen molar-refractivity contribution in [3.05, 3.63) is 45.2 Å². The van der Waals surface area contributed by atoms with E-state index in [9.17, 15) is 0 Å². The standard InChI is InChI=1S/C14H17Cl2N3O2/c1-3-12-13(18-19(17-12)4-5-20)14(21-2)9-6-10(15)8-11(16)7-9/h6-8,14,20H,3-5H2,1-2H3. The number of hydrogen-bond acceptors (Lipinski definition) is 4. The van der Waals surface area contributed by atoms with E-state index in [1.54, 1.807) is 25.3 Å². The van der Waals surface area contributed by atoms with Gasteiger partial charge in [0.25, 0.3) is 0 Å². The Hall–Kier alpha value is -1.14. The molecule has 1 aromatic heterocycles. The number of aryl methyl sites for hydroxylation is 1. The predicted molar refractivity (Wildman–Crippen MR) is 81.8 cm³/mol. The number of aliphatic hydroxyl groups is 1. The molecule has 0 bridgehead atoms. The third-order valence-electron chi connectivity index (χ3n) is 3.06. The van der Waals surface area contributed by atoms with Gasteiger partial charge in [-0.15, -0.1) is 0 Å². The average Bonchev–Trinajstić information content (AvgIpc) is 2.82. The lowest BCUT2D eigenvalue weighted by Crippen LogP contribution is -2.09.